The van der Waals surface area contributed by atoms with E-state index >= 15 is 0 Å². The van der Waals surface area contributed by atoms with Crippen LogP contribution in [0.3, 0.4) is 0 Å². The molecule has 0 fully saturated rings. The molecule has 0 aliphatic carbocycles. The molecule has 0 saturated heterocycles. The summed E-state index contributed by atoms with van der Waals surface area (Å²) in [5, 5.41) is 0. The molecule has 0 atom stereocenters. The molecule has 76 valence electrons. The average Bonchev–Trinajstić information content (AvgIpc) is 2.17. The lowest BCUT2D eigenvalue weighted by molar-refractivity contribution is 1.06. The maximum absolute atomic E-state index is 4.20. The minimum Gasteiger partial charge on any atom is -0.241 e. The van der Waals surface area contributed by atoms with Gasteiger partial charge in [-0.3, -0.25) is 0 Å². The number of benzene rings is 1. The Bertz CT molecular complexity index is 452. The van der Waals surface area contributed by atoms with Crippen molar-refractivity contribution in [2.45, 2.75) is 20.8 Å². The second-order valence-corrected chi connectivity index (χ2v) is 3.90. The van der Waals surface area contributed by atoms with Crippen LogP contribution in [-0.2, 0) is 0 Å². The van der Waals surface area contributed by atoms with Crippen LogP contribution < -0.4 is 0 Å². The lowest BCUT2D eigenvalue weighted by Gasteiger charge is -2.04. The topological polar surface area (TPSA) is 25.8 Å². The lowest BCUT2D eigenvalue weighted by atomic mass is 10.0. The molecule has 15 heavy (non-hydrogen) atoms. The zero-order chi connectivity index (χ0) is 10.8. The molecule has 0 amide bonds. The van der Waals surface area contributed by atoms with Crippen LogP contribution in [-0.4, -0.2) is 9.97 Å². The quantitative estimate of drug-likeness (QED) is 0.703. The monoisotopic (exact) mass is 198 g/mol. The molecule has 2 nitrogen and oxygen atoms in total. The molecule has 0 aliphatic rings. The van der Waals surface area contributed by atoms with Gasteiger partial charge in [-0.25, -0.2) is 9.97 Å². The van der Waals surface area contributed by atoms with Gasteiger partial charge in [0.05, 0.1) is 0 Å². The van der Waals surface area contributed by atoms with Crippen molar-refractivity contribution < 1.29 is 0 Å². The predicted octanol–water partition coefficient (Wildman–Crippen LogP) is 3.07. The molecular weight excluding hydrogens is 184 g/mol. The molecule has 0 spiro atoms. The van der Waals surface area contributed by atoms with Gasteiger partial charge in [-0.05, 0) is 26.3 Å². The molecule has 0 N–H and O–H groups in total. The zero-order valence-corrected chi connectivity index (χ0v) is 9.28. The van der Waals surface area contributed by atoms with Crippen LogP contribution >= 0.6 is 0 Å². The van der Waals surface area contributed by atoms with E-state index in [0.717, 1.165) is 11.4 Å². The number of rotatable bonds is 1. The average molecular weight is 198 g/mol. The highest BCUT2D eigenvalue weighted by molar-refractivity contribution is 5.63. The van der Waals surface area contributed by atoms with Crippen molar-refractivity contribution in [1.29, 1.82) is 0 Å². The highest BCUT2D eigenvalue weighted by Crippen LogP contribution is 2.20. The van der Waals surface area contributed by atoms with Crippen LogP contribution in [0, 0.1) is 20.8 Å². The van der Waals surface area contributed by atoms with Crippen molar-refractivity contribution in [1.82, 2.24) is 9.97 Å². The van der Waals surface area contributed by atoms with Crippen LogP contribution in [0.2, 0.25) is 0 Å². The Morgan fingerprint density at radius 2 is 1.27 bits per heavy atom. The van der Waals surface area contributed by atoms with E-state index in [9.17, 15) is 0 Å². The normalized spacial score (nSPS) is 10.3. The van der Waals surface area contributed by atoms with Crippen molar-refractivity contribution in [2.24, 2.45) is 0 Å². The summed E-state index contributed by atoms with van der Waals surface area (Å²) in [4.78, 5) is 8.41. The summed E-state index contributed by atoms with van der Waals surface area (Å²) < 4.78 is 0. The Balaban J connectivity index is 2.49. The third kappa shape index (κ3) is 2.21. The fourth-order valence-corrected chi connectivity index (χ4v) is 1.68. The van der Waals surface area contributed by atoms with E-state index in [-0.39, 0.29) is 0 Å². The predicted molar refractivity (Wildman–Crippen MR) is 61.7 cm³/mol. The van der Waals surface area contributed by atoms with Gasteiger partial charge in [0.25, 0.3) is 0 Å². The van der Waals surface area contributed by atoms with Crippen LogP contribution in [0.5, 0.6) is 0 Å². The molecule has 1 aromatic carbocycles. The van der Waals surface area contributed by atoms with Crippen LogP contribution in [0.4, 0.5) is 0 Å². The summed E-state index contributed by atoms with van der Waals surface area (Å²) >= 11 is 0. The number of aryl methyl sites for hydroxylation is 3. The van der Waals surface area contributed by atoms with E-state index < -0.39 is 0 Å². The molecule has 2 rings (SSSR count). The summed E-state index contributed by atoms with van der Waals surface area (Å²) in [6.07, 6.45) is 3.74. The van der Waals surface area contributed by atoms with Crippen molar-refractivity contribution in [3.8, 4) is 11.1 Å². The second-order valence-electron chi connectivity index (χ2n) is 3.90. The third-order valence-corrected chi connectivity index (χ3v) is 2.34. The summed E-state index contributed by atoms with van der Waals surface area (Å²) in [5.41, 5.74) is 4.80. The van der Waals surface area contributed by atoms with E-state index in [1.54, 1.807) is 0 Å². The first-order valence-corrected chi connectivity index (χ1v) is 5.02. The van der Waals surface area contributed by atoms with E-state index in [4.69, 9.17) is 0 Å². The Hall–Kier alpha value is -1.70. The van der Waals surface area contributed by atoms with Gasteiger partial charge in [0.2, 0.25) is 0 Å². The molecule has 1 heterocycles. The second kappa shape index (κ2) is 3.81. The highest BCUT2D eigenvalue weighted by atomic mass is 14.8. The van der Waals surface area contributed by atoms with Gasteiger partial charge < -0.3 is 0 Å². The van der Waals surface area contributed by atoms with Gasteiger partial charge in [-0.1, -0.05) is 29.3 Å². The molecule has 1 aromatic heterocycles. The minimum atomic E-state index is 0.808. The summed E-state index contributed by atoms with van der Waals surface area (Å²) in [6, 6.07) is 6.47. The Morgan fingerprint density at radius 3 is 1.80 bits per heavy atom. The van der Waals surface area contributed by atoms with E-state index in [1.165, 1.54) is 16.7 Å². The molecule has 2 heteroatoms. The number of hydrogen-bond donors (Lipinski definition) is 0. The summed E-state index contributed by atoms with van der Waals surface area (Å²) in [5.74, 6) is 0.808. The Morgan fingerprint density at radius 1 is 0.733 bits per heavy atom. The van der Waals surface area contributed by atoms with Crippen molar-refractivity contribution >= 4 is 0 Å². The first-order chi connectivity index (χ1) is 7.15. The van der Waals surface area contributed by atoms with Crippen LogP contribution in [0.25, 0.3) is 11.1 Å². The highest BCUT2D eigenvalue weighted by Gasteiger charge is 2.00. The third-order valence-electron chi connectivity index (χ3n) is 2.34. The molecule has 0 aliphatic heterocycles. The first kappa shape index (κ1) is 9.84. The summed E-state index contributed by atoms with van der Waals surface area (Å²) in [7, 11) is 0. The Labute approximate surface area is 90.0 Å². The standard InChI is InChI=1S/C13H14N2/c1-9-4-10(2)6-12(5-9)13-7-14-11(3)15-8-13/h4-8H,1-3H3. The fourth-order valence-electron chi connectivity index (χ4n) is 1.68. The fraction of sp³-hybridized carbons (Fsp3) is 0.231. The van der Waals surface area contributed by atoms with Crippen molar-refractivity contribution in [3.63, 3.8) is 0 Å². The lowest BCUT2D eigenvalue weighted by Crippen LogP contribution is -1.88. The van der Waals surface area contributed by atoms with Crippen molar-refractivity contribution in [3.05, 3.63) is 47.5 Å². The van der Waals surface area contributed by atoms with Crippen LogP contribution in [0.15, 0.2) is 30.6 Å². The zero-order valence-electron chi connectivity index (χ0n) is 9.28. The van der Waals surface area contributed by atoms with Gasteiger partial charge >= 0.3 is 0 Å². The molecule has 0 saturated carbocycles. The first-order valence-electron chi connectivity index (χ1n) is 5.02. The van der Waals surface area contributed by atoms with Gasteiger partial charge in [0, 0.05) is 18.0 Å². The van der Waals surface area contributed by atoms with E-state index in [0.29, 0.717) is 0 Å². The minimum absolute atomic E-state index is 0.808. The number of hydrogen-bond acceptors (Lipinski definition) is 2. The van der Waals surface area contributed by atoms with Gasteiger partial charge in [-0.2, -0.15) is 0 Å². The molecule has 0 radical (unpaired) electrons. The number of aromatic nitrogens is 2. The molecular formula is C13H14N2. The van der Waals surface area contributed by atoms with Gasteiger partial charge in [0.1, 0.15) is 5.82 Å². The maximum atomic E-state index is 4.20. The van der Waals surface area contributed by atoms with Gasteiger partial charge in [0.15, 0.2) is 0 Å². The largest absolute Gasteiger partial charge is 0.241 e. The van der Waals surface area contributed by atoms with E-state index in [2.05, 4.69) is 42.0 Å². The molecule has 0 bridgehead atoms. The SMILES string of the molecule is Cc1cc(C)cc(-c2cnc(C)nc2)c1. The smallest absolute Gasteiger partial charge is 0.125 e. The Kier molecular flexibility index (Phi) is 2.50. The summed E-state index contributed by atoms with van der Waals surface area (Å²) in [6.45, 7) is 6.10. The maximum Gasteiger partial charge on any atom is 0.125 e. The van der Waals surface area contributed by atoms with E-state index in [1.807, 2.05) is 19.3 Å². The number of nitrogens with zero attached hydrogens (tertiary/aromatic N) is 2. The molecule has 2 aromatic rings. The van der Waals surface area contributed by atoms with Crippen LogP contribution in [0.1, 0.15) is 17.0 Å². The van der Waals surface area contributed by atoms with Gasteiger partial charge in [-0.15, -0.1) is 0 Å². The van der Waals surface area contributed by atoms with Crippen molar-refractivity contribution in [2.75, 3.05) is 0 Å². The molecule has 0 unspecified atom stereocenters.